The van der Waals surface area contributed by atoms with Gasteiger partial charge in [-0.2, -0.15) is 13.2 Å². The summed E-state index contributed by atoms with van der Waals surface area (Å²) in [7, 11) is 0. The lowest BCUT2D eigenvalue weighted by atomic mass is 10.1. The topological polar surface area (TPSA) is 54.0 Å². The molecule has 112 valence electrons. The number of hydrazine groups is 1. The van der Waals surface area contributed by atoms with E-state index in [9.17, 15) is 18.0 Å². The minimum atomic E-state index is -4.41. The highest BCUT2D eigenvalue weighted by molar-refractivity contribution is 5.92. The summed E-state index contributed by atoms with van der Waals surface area (Å²) < 4.78 is 38.1. The standard InChI is InChI=1S/C14H14F3N3O/c1-3-13(21)20-19-12-6-8(2)18-11-7-9(14(15,16)17)4-5-10(11)12/h4-7H,3H2,1-2H3,(H,18,19)(H,20,21). The maximum atomic E-state index is 12.7. The van der Waals surface area contributed by atoms with Crippen molar-refractivity contribution in [3.63, 3.8) is 0 Å². The molecule has 1 heterocycles. The zero-order valence-corrected chi connectivity index (χ0v) is 11.5. The van der Waals surface area contributed by atoms with Gasteiger partial charge in [-0.05, 0) is 25.1 Å². The number of pyridine rings is 1. The minimum Gasteiger partial charge on any atom is -0.298 e. The molecular formula is C14H14F3N3O. The highest BCUT2D eigenvalue weighted by atomic mass is 19.4. The van der Waals surface area contributed by atoms with E-state index < -0.39 is 11.7 Å². The van der Waals surface area contributed by atoms with Gasteiger partial charge in [-0.15, -0.1) is 0 Å². The predicted octanol–water partition coefficient (Wildman–Crippen LogP) is 3.42. The van der Waals surface area contributed by atoms with E-state index in [0.717, 1.165) is 12.1 Å². The molecule has 0 atom stereocenters. The van der Waals surface area contributed by atoms with Gasteiger partial charge in [-0.1, -0.05) is 13.0 Å². The Morgan fingerprint density at radius 2 is 2.00 bits per heavy atom. The zero-order chi connectivity index (χ0) is 15.6. The second kappa shape index (κ2) is 5.59. The van der Waals surface area contributed by atoms with E-state index in [-0.39, 0.29) is 11.4 Å². The Balaban J connectivity index is 2.45. The van der Waals surface area contributed by atoms with Crippen LogP contribution < -0.4 is 10.9 Å². The van der Waals surface area contributed by atoms with E-state index in [1.54, 1.807) is 19.9 Å². The molecule has 0 radical (unpaired) electrons. The molecule has 0 aliphatic rings. The molecule has 7 heteroatoms. The van der Waals surface area contributed by atoms with Gasteiger partial charge in [0.25, 0.3) is 0 Å². The van der Waals surface area contributed by atoms with E-state index in [2.05, 4.69) is 15.8 Å². The van der Waals surface area contributed by atoms with E-state index in [4.69, 9.17) is 0 Å². The van der Waals surface area contributed by atoms with Crippen molar-refractivity contribution in [2.75, 3.05) is 5.43 Å². The highest BCUT2D eigenvalue weighted by Crippen LogP contribution is 2.32. The molecular weight excluding hydrogens is 283 g/mol. The number of aryl methyl sites for hydroxylation is 1. The average molecular weight is 297 g/mol. The molecule has 0 unspecified atom stereocenters. The molecule has 1 aromatic carbocycles. The number of rotatable bonds is 3. The van der Waals surface area contributed by atoms with Crippen molar-refractivity contribution in [2.24, 2.45) is 0 Å². The number of nitrogens with zero attached hydrogens (tertiary/aromatic N) is 1. The summed E-state index contributed by atoms with van der Waals surface area (Å²) in [6.07, 6.45) is -4.11. The van der Waals surface area contributed by atoms with Crippen LogP contribution in [0.25, 0.3) is 10.9 Å². The monoisotopic (exact) mass is 297 g/mol. The first kappa shape index (κ1) is 15.1. The summed E-state index contributed by atoms with van der Waals surface area (Å²) in [4.78, 5) is 15.4. The molecule has 21 heavy (non-hydrogen) atoms. The van der Waals surface area contributed by atoms with Crippen LogP contribution in [-0.2, 0) is 11.0 Å². The lowest BCUT2D eigenvalue weighted by Crippen LogP contribution is -2.28. The normalized spacial score (nSPS) is 11.5. The lowest BCUT2D eigenvalue weighted by molar-refractivity contribution is -0.137. The molecule has 4 nitrogen and oxygen atoms in total. The van der Waals surface area contributed by atoms with Gasteiger partial charge in [0.05, 0.1) is 16.8 Å². The molecule has 2 N–H and O–H groups in total. The number of amides is 1. The molecule has 1 aromatic heterocycles. The van der Waals surface area contributed by atoms with Crippen LogP contribution >= 0.6 is 0 Å². The first-order valence-corrected chi connectivity index (χ1v) is 6.34. The van der Waals surface area contributed by atoms with Gasteiger partial charge < -0.3 is 0 Å². The number of carbonyl (C=O) groups excluding carboxylic acids is 1. The number of nitrogens with one attached hydrogen (secondary N) is 2. The summed E-state index contributed by atoms with van der Waals surface area (Å²) in [6, 6.07) is 4.98. The predicted molar refractivity (Wildman–Crippen MR) is 73.5 cm³/mol. The second-order valence-electron chi connectivity index (χ2n) is 4.57. The Hall–Kier alpha value is -2.31. The highest BCUT2D eigenvalue weighted by Gasteiger charge is 2.30. The fourth-order valence-corrected chi connectivity index (χ4v) is 1.87. The number of anilines is 1. The number of hydrogen-bond donors (Lipinski definition) is 2. The summed E-state index contributed by atoms with van der Waals surface area (Å²) in [5.41, 5.74) is 5.72. The number of hydrogen-bond acceptors (Lipinski definition) is 3. The van der Waals surface area contributed by atoms with Gasteiger partial charge in [0, 0.05) is 17.5 Å². The minimum absolute atomic E-state index is 0.218. The smallest absolute Gasteiger partial charge is 0.298 e. The Morgan fingerprint density at radius 1 is 1.29 bits per heavy atom. The maximum absolute atomic E-state index is 12.7. The Bertz CT molecular complexity index is 683. The summed E-state index contributed by atoms with van der Waals surface area (Å²) >= 11 is 0. The van der Waals surface area contributed by atoms with Crippen LogP contribution in [0.3, 0.4) is 0 Å². The molecule has 0 spiro atoms. The lowest BCUT2D eigenvalue weighted by Gasteiger charge is -2.13. The third-order valence-electron chi connectivity index (χ3n) is 2.92. The van der Waals surface area contributed by atoms with Crippen molar-refractivity contribution in [3.8, 4) is 0 Å². The Labute approximate surface area is 119 Å². The van der Waals surface area contributed by atoms with Gasteiger partial charge >= 0.3 is 6.18 Å². The van der Waals surface area contributed by atoms with E-state index in [1.807, 2.05) is 0 Å². The van der Waals surface area contributed by atoms with Crippen LogP contribution in [0.15, 0.2) is 24.3 Å². The number of benzene rings is 1. The molecule has 0 fully saturated rings. The second-order valence-corrected chi connectivity index (χ2v) is 4.57. The molecule has 0 saturated carbocycles. The first-order valence-electron chi connectivity index (χ1n) is 6.34. The van der Waals surface area contributed by atoms with Crippen molar-refractivity contribution in [1.82, 2.24) is 10.4 Å². The van der Waals surface area contributed by atoms with Crippen molar-refractivity contribution in [3.05, 3.63) is 35.5 Å². The molecule has 0 aliphatic heterocycles. The van der Waals surface area contributed by atoms with Crippen LogP contribution in [0.5, 0.6) is 0 Å². The van der Waals surface area contributed by atoms with Crippen molar-refractivity contribution in [2.45, 2.75) is 26.4 Å². The van der Waals surface area contributed by atoms with Crippen LogP contribution in [0.4, 0.5) is 18.9 Å². The van der Waals surface area contributed by atoms with E-state index >= 15 is 0 Å². The van der Waals surface area contributed by atoms with Crippen LogP contribution in [0.1, 0.15) is 24.6 Å². The molecule has 0 saturated heterocycles. The molecule has 0 bridgehead atoms. The molecule has 2 rings (SSSR count). The van der Waals surface area contributed by atoms with Crippen LogP contribution in [0, 0.1) is 6.92 Å². The molecule has 1 amide bonds. The number of halogens is 3. The van der Waals surface area contributed by atoms with Crippen molar-refractivity contribution in [1.29, 1.82) is 0 Å². The quantitative estimate of drug-likeness (QED) is 0.854. The summed E-state index contributed by atoms with van der Waals surface area (Å²) in [5.74, 6) is -0.218. The van der Waals surface area contributed by atoms with E-state index in [1.165, 1.54) is 6.07 Å². The third-order valence-corrected chi connectivity index (χ3v) is 2.92. The number of carbonyl (C=O) groups is 1. The van der Waals surface area contributed by atoms with Crippen molar-refractivity contribution >= 4 is 22.5 Å². The van der Waals surface area contributed by atoms with Gasteiger partial charge in [0.15, 0.2) is 0 Å². The number of fused-ring (bicyclic) bond motifs is 1. The van der Waals surface area contributed by atoms with Crippen LogP contribution in [-0.4, -0.2) is 10.9 Å². The SMILES string of the molecule is CCC(=O)NNc1cc(C)nc2cc(C(F)(F)F)ccc12. The largest absolute Gasteiger partial charge is 0.416 e. The zero-order valence-electron chi connectivity index (χ0n) is 11.5. The number of alkyl halides is 3. The summed E-state index contributed by atoms with van der Waals surface area (Å²) in [6.45, 7) is 3.37. The number of aromatic nitrogens is 1. The average Bonchev–Trinajstić information content (AvgIpc) is 2.42. The van der Waals surface area contributed by atoms with Gasteiger partial charge in [0.1, 0.15) is 0 Å². The first-order chi connectivity index (χ1) is 9.81. The van der Waals surface area contributed by atoms with E-state index in [0.29, 0.717) is 23.2 Å². The summed E-state index contributed by atoms with van der Waals surface area (Å²) in [5, 5.41) is 0.505. The Kier molecular flexibility index (Phi) is 4.02. The van der Waals surface area contributed by atoms with Gasteiger partial charge in [0.2, 0.25) is 5.91 Å². The van der Waals surface area contributed by atoms with Gasteiger partial charge in [-0.3, -0.25) is 20.6 Å². The fourth-order valence-electron chi connectivity index (χ4n) is 1.87. The molecule has 2 aromatic rings. The Morgan fingerprint density at radius 3 is 2.62 bits per heavy atom. The maximum Gasteiger partial charge on any atom is 0.416 e. The van der Waals surface area contributed by atoms with Crippen LogP contribution in [0.2, 0.25) is 0 Å². The van der Waals surface area contributed by atoms with Crippen molar-refractivity contribution < 1.29 is 18.0 Å². The molecule has 0 aliphatic carbocycles. The fraction of sp³-hybridized carbons (Fsp3) is 0.286. The third kappa shape index (κ3) is 3.42. The van der Waals surface area contributed by atoms with Gasteiger partial charge in [-0.25, -0.2) is 0 Å².